The molecule has 0 amide bonds. The van der Waals surface area contributed by atoms with Gasteiger partial charge in [0.05, 0.1) is 0 Å². The van der Waals surface area contributed by atoms with Gasteiger partial charge in [0, 0.05) is 12.8 Å². The van der Waals surface area contributed by atoms with Gasteiger partial charge in [-0.25, -0.2) is 0 Å². The topological polar surface area (TPSA) is 12.4 Å². The molecule has 0 aliphatic carbocycles. The molecular weight excluding hydrogens is 170 g/mol. The van der Waals surface area contributed by atoms with Crippen LogP contribution in [0.25, 0.3) is 0 Å². The highest BCUT2D eigenvalue weighted by molar-refractivity contribution is 5.70. The molecule has 0 heterocycles. The number of allylic oxidation sites excluding steroid dienone is 2. The quantitative estimate of drug-likeness (QED) is 0.382. The molecule has 1 heteroatoms. The standard InChI is InChI=1S/C13H25N/c1-3-5-7-8-9-10-11-13-14-12-6-4-2/h10-11,13H,3-9,12H2,1-2H3. The van der Waals surface area contributed by atoms with Crippen molar-refractivity contribution < 1.29 is 0 Å². The minimum absolute atomic E-state index is 0.983. The molecular formula is C13H25N. The summed E-state index contributed by atoms with van der Waals surface area (Å²) in [5.41, 5.74) is 0. The molecule has 0 N–H and O–H groups in total. The van der Waals surface area contributed by atoms with Crippen molar-refractivity contribution in [2.75, 3.05) is 6.54 Å². The van der Waals surface area contributed by atoms with E-state index in [0.717, 1.165) is 6.54 Å². The maximum atomic E-state index is 4.28. The molecule has 0 fully saturated rings. The van der Waals surface area contributed by atoms with Gasteiger partial charge in [-0.15, -0.1) is 0 Å². The summed E-state index contributed by atoms with van der Waals surface area (Å²) >= 11 is 0. The molecule has 0 unspecified atom stereocenters. The second kappa shape index (κ2) is 12.4. The van der Waals surface area contributed by atoms with Gasteiger partial charge in [0.1, 0.15) is 0 Å². The Labute approximate surface area is 89.3 Å². The number of nitrogens with zero attached hydrogens (tertiary/aromatic N) is 1. The average molecular weight is 195 g/mol. The molecule has 0 aromatic carbocycles. The number of hydrogen-bond donors (Lipinski definition) is 0. The minimum atomic E-state index is 0.983. The molecule has 0 spiro atoms. The largest absolute Gasteiger partial charge is 0.293 e. The van der Waals surface area contributed by atoms with Gasteiger partial charge in [0.15, 0.2) is 0 Å². The van der Waals surface area contributed by atoms with E-state index in [0.29, 0.717) is 0 Å². The van der Waals surface area contributed by atoms with Crippen molar-refractivity contribution in [2.24, 2.45) is 4.99 Å². The van der Waals surface area contributed by atoms with Crippen LogP contribution in [0.1, 0.15) is 58.8 Å². The first kappa shape index (κ1) is 13.4. The zero-order valence-electron chi connectivity index (χ0n) is 9.84. The Morgan fingerprint density at radius 1 is 0.929 bits per heavy atom. The summed E-state index contributed by atoms with van der Waals surface area (Å²) in [5, 5.41) is 0. The van der Waals surface area contributed by atoms with Gasteiger partial charge in [0.25, 0.3) is 0 Å². The first-order chi connectivity index (χ1) is 6.91. The molecule has 14 heavy (non-hydrogen) atoms. The Bertz CT molecular complexity index is 147. The zero-order chi connectivity index (χ0) is 10.5. The number of aliphatic imine (C=N–C) groups is 1. The second-order valence-corrected chi connectivity index (χ2v) is 3.69. The van der Waals surface area contributed by atoms with E-state index < -0.39 is 0 Å². The molecule has 0 saturated carbocycles. The molecule has 82 valence electrons. The van der Waals surface area contributed by atoms with Crippen LogP contribution in [0.2, 0.25) is 0 Å². The summed E-state index contributed by atoms with van der Waals surface area (Å²) < 4.78 is 0. The number of hydrogen-bond acceptors (Lipinski definition) is 1. The van der Waals surface area contributed by atoms with E-state index in [1.54, 1.807) is 0 Å². The lowest BCUT2D eigenvalue weighted by Crippen LogP contribution is -1.78. The van der Waals surface area contributed by atoms with Crippen molar-refractivity contribution >= 4 is 6.21 Å². The fraction of sp³-hybridized carbons (Fsp3) is 0.769. The smallest absolute Gasteiger partial charge is 0.0389 e. The van der Waals surface area contributed by atoms with E-state index in [-0.39, 0.29) is 0 Å². The van der Waals surface area contributed by atoms with Crippen LogP contribution >= 0.6 is 0 Å². The molecule has 0 aliphatic heterocycles. The van der Waals surface area contributed by atoms with Crippen molar-refractivity contribution in [1.82, 2.24) is 0 Å². The minimum Gasteiger partial charge on any atom is -0.293 e. The zero-order valence-corrected chi connectivity index (χ0v) is 9.84. The third-order valence-electron chi connectivity index (χ3n) is 2.19. The van der Waals surface area contributed by atoms with Crippen LogP contribution in [-0.2, 0) is 0 Å². The van der Waals surface area contributed by atoms with Gasteiger partial charge in [-0.2, -0.15) is 0 Å². The van der Waals surface area contributed by atoms with Gasteiger partial charge in [-0.3, -0.25) is 4.99 Å². The van der Waals surface area contributed by atoms with Crippen LogP contribution in [0, 0.1) is 0 Å². The normalized spacial score (nSPS) is 11.9. The fourth-order valence-corrected chi connectivity index (χ4v) is 1.23. The Balaban J connectivity index is 3.14. The van der Waals surface area contributed by atoms with Crippen LogP contribution in [0.4, 0.5) is 0 Å². The number of rotatable bonds is 9. The molecule has 0 saturated heterocycles. The highest BCUT2D eigenvalue weighted by Crippen LogP contribution is 2.02. The van der Waals surface area contributed by atoms with Gasteiger partial charge >= 0.3 is 0 Å². The van der Waals surface area contributed by atoms with Crippen molar-refractivity contribution in [3.63, 3.8) is 0 Å². The molecule has 0 aromatic heterocycles. The fourth-order valence-electron chi connectivity index (χ4n) is 1.23. The SMILES string of the molecule is CCCCCCC=CC=NCCCC. The molecule has 1 nitrogen and oxygen atoms in total. The summed E-state index contributed by atoms with van der Waals surface area (Å²) in [7, 11) is 0. The van der Waals surface area contributed by atoms with Gasteiger partial charge in [0.2, 0.25) is 0 Å². The second-order valence-electron chi connectivity index (χ2n) is 3.69. The average Bonchev–Trinajstić information content (AvgIpc) is 2.21. The van der Waals surface area contributed by atoms with Crippen molar-refractivity contribution in [2.45, 2.75) is 58.8 Å². The Kier molecular flexibility index (Phi) is 11.9. The maximum absolute atomic E-state index is 4.28. The van der Waals surface area contributed by atoms with Gasteiger partial charge < -0.3 is 0 Å². The molecule has 0 bridgehead atoms. The van der Waals surface area contributed by atoms with Crippen molar-refractivity contribution in [3.05, 3.63) is 12.2 Å². The third kappa shape index (κ3) is 11.4. The summed E-state index contributed by atoms with van der Waals surface area (Å²) in [6.07, 6.45) is 15.3. The van der Waals surface area contributed by atoms with Gasteiger partial charge in [-0.1, -0.05) is 45.6 Å². The van der Waals surface area contributed by atoms with E-state index in [2.05, 4.69) is 31.0 Å². The van der Waals surface area contributed by atoms with E-state index in [9.17, 15) is 0 Å². The lowest BCUT2D eigenvalue weighted by molar-refractivity contribution is 0.674. The molecule has 0 aromatic rings. The summed E-state index contributed by atoms with van der Waals surface area (Å²) in [5.74, 6) is 0. The Morgan fingerprint density at radius 3 is 2.43 bits per heavy atom. The van der Waals surface area contributed by atoms with E-state index in [4.69, 9.17) is 0 Å². The first-order valence-electron chi connectivity index (χ1n) is 6.06. The van der Waals surface area contributed by atoms with Crippen molar-refractivity contribution in [1.29, 1.82) is 0 Å². The van der Waals surface area contributed by atoms with Crippen LogP contribution in [0.3, 0.4) is 0 Å². The molecule has 0 atom stereocenters. The monoisotopic (exact) mass is 195 g/mol. The lowest BCUT2D eigenvalue weighted by Gasteiger charge is -1.93. The van der Waals surface area contributed by atoms with E-state index >= 15 is 0 Å². The van der Waals surface area contributed by atoms with Gasteiger partial charge in [-0.05, 0) is 25.3 Å². The predicted molar refractivity (Wildman–Crippen MR) is 66.2 cm³/mol. The Hall–Kier alpha value is -0.590. The van der Waals surface area contributed by atoms with Crippen LogP contribution < -0.4 is 0 Å². The maximum Gasteiger partial charge on any atom is 0.0389 e. The molecule has 0 radical (unpaired) electrons. The highest BCUT2D eigenvalue weighted by Gasteiger charge is 1.83. The summed E-state index contributed by atoms with van der Waals surface area (Å²) in [4.78, 5) is 4.28. The molecule has 0 rings (SSSR count). The van der Waals surface area contributed by atoms with Crippen molar-refractivity contribution in [3.8, 4) is 0 Å². The Morgan fingerprint density at radius 2 is 1.71 bits per heavy atom. The van der Waals surface area contributed by atoms with Crippen LogP contribution in [-0.4, -0.2) is 12.8 Å². The third-order valence-corrected chi connectivity index (χ3v) is 2.19. The summed E-state index contributed by atoms with van der Waals surface area (Å²) in [6, 6.07) is 0. The number of unbranched alkanes of at least 4 members (excludes halogenated alkanes) is 5. The molecule has 0 aliphatic rings. The van der Waals surface area contributed by atoms with E-state index in [1.807, 2.05) is 6.21 Å². The lowest BCUT2D eigenvalue weighted by atomic mass is 10.1. The predicted octanol–water partition coefficient (Wildman–Crippen LogP) is 4.38. The van der Waals surface area contributed by atoms with Crippen LogP contribution in [0.15, 0.2) is 17.1 Å². The highest BCUT2D eigenvalue weighted by atomic mass is 14.7. The first-order valence-corrected chi connectivity index (χ1v) is 6.06. The van der Waals surface area contributed by atoms with E-state index in [1.165, 1.54) is 44.9 Å². The summed E-state index contributed by atoms with van der Waals surface area (Å²) in [6.45, 7) is 5.42. The van der Waals surface area contributed by atoms with Crippen LogP contribution in [0.5, 0.6) is 0 Å².